The summed E-state index contributed by atoms with van der Waals surface area (Å²) in [6, 6.07) is 12.4. The molecule has 0 aliphatic heterocycles. The van der Waals surface area contributed by atoms with Crippen LogP contribution < -0.4 is 5.32 Å². The van der Waals surface area contributed by atoms with Gasteiger partial charge in [-0.15, -0.1) is 0 Å². The van der Waals surface area contributed by atoms with Crippen molar-refractivity contribution in [2.45, 2.75) is 6.54 Å². The molecule has 0 bridgehead atoms. The molecule has 0 fully saturated rings. The van der Waals surface area contributed by atoms with Crippen LogP contribution in [0, 0.1) is 0 Å². The summed E-state index contributed by atoms with van der Waals surface area (Å²) < 4.78 is 1.74. The number of hydrogen-bond acceptors (Lipinski definition) is 3. The van der Waals surface area contributed by atoms with Crippen LogP contribution in [-0.4, -0.2) is 20.7 Å². The molecule has 0 aliphatic carbocycles. The number of amides is 1. The fraction of sp³-hybridized carbons (Fsp3) is 0.118. The summed E-state index contributed by atoms with van der Waals surface area (Å²) in [5.41, 5.74) is 2.90. The van der Waals surface area contributed by atoms with Crippen molar-refractivity contribution < 1.29 is 4.79 Å². The van der Waals surface area contributed by atoms with Crippen molar-refractivity contribution in [2.75, 3.05) is 0 Å². The first kappa shape index (κ1) is 16.5. The number of aryl methyl sites for hydroxylation is 1. The summed E-state index contributed by atoms with van der Waals surface area (Å²) in [6.07, 6.45) is 1.73. The highest BCUT2D eigenvalue weighted by atomic mass is 35.5. The topological polar surface area (TPSA) is 59.8 Å². The Balaban J connectivity index is 1.71. The summed E-state index contributed by atoms with van der Waals surface area (Å²) in [5, 5.41) is 7.98. The molecular formula is C17H14Cl2N4O. The summed E-state index contributed by atoms with van der Waals surface area (Å²) in [6.45, 7) is 0.305. The van der Waals surface area contributed by atoms with Crippen LogP contribution in [0.15, 0.2) is 48.7 Å². The summed E-state index contributed by atoms with van der Waals surface area (Å²) in [7, 11) is 1.84. The zero-order valence-corrected chi connectivity index (χ0v) is 14.3. The van der Waals surface area contributed by atoms with Crippen LogP contribution in [0.25, 0.3) is 11.4 Å². The smallest absolute Gasteiger partial charge is 0.251 e. The molecule has 3 rings (SSSR count). The summed E-state index contributed by atoms with van der Waals surface area (Å²) >= 11 is 11.8. The molecule has 2 heterocycles. The minimum absolute atomic E-state index is 0.237. The van der Waals surface area contributed by atoms with Gasteiger partial charge in [-0.05, 0) is 36.4 Å². The minimum Gasteiger partial charge on any atom is -0.346 e. The standard InChI is InChI=1S/C17H14Cl2N4O/c1-23-16(15-4-2-3-7-20-15)9-12(22-23)10-21-17(24)11-5-6-13(18)14(19)8-11/h2-9H,10H2,1H3,(H,21,24). The van der Waals surface area contributed by atoms with E-state index in [2.05, 4.69) is 15.4 Å². The van der Waals surface area contributed by atoms with Gasteiger partial charge in [0, 0.05) is 18.8 Å². The Bertz CT molecular complexity index is 878. The molecule has 3 aromatic rings. The summed E-state index contributed by atoms with van der Waals surface area (Å²) in [5.74, 6) is -0.237. The largest absolute Gasteiger partial charge is 0.346 e. The highest BCUT2D eigenvalue weighted by Gasteiger charge is 2.11. The number of benzene rings is 1. The van der Waals surface area contributed by atoms with E-state index in [0.717, 1.165) is 17.1 Å². The molecule has 0 saturated heterocycles. The molecule has 0 aliphatic rings. The maximum Gasteiger partial charge on any atom is 0.251 e. The first-order chi connectivity index (χ1) is 11.5. The first-order valence-electron chi connectivity index (χ1n) is 7.22. The number of nitrogens with zero attached hydrogens (tertiary/aromatic N) is 3. The van der Waals surface area contributed by atoms with Gasteiger partial charge in [-0.25, -0.2) is 0 Å². The molecule has 7 heteroatoms. The van der Waals surface area contributed by atoms with Crippen LogP contribution in [-0.2, 0) is 13.6 Å². The molecule has 0 unspecified atom stereocenters. The van der Waals surface area contributed by atoms with E-state index in [0.29, 0.717) is 22.2 Å². The van der Waals surface area contributed by atoms with Gasteiger partial charge in [-0.2, -0.15) is 5.10 Å². The number of aromatic nitrogens is 3. The predicted molar refractivity (Wildman–Crippen MR) is 94.1 cm³/mol. The Kier molecular flexibility index (Phi) is 4.83. The Morgan fingerprint density at radius 1 is 1.17 bits per heavy atom. The van der Waals surface area contributed by atoms with Crippen LogP contribution >= 0.6 is 23.2 Å². The molecule has 122 valence electrons. The quantitative estimate of drug-likeness (QED) is 0.771. The minimum atomic E-state index is -0.237. The van der Waals surface area contributed by atoms with Crippen molar-refractivity contribution in [3.8, 4) is 11.4 Å². The number of carbonyl (C=O) groups is 1. The van der Waals surface area contributed by atoms with Gasteiger partial charge in [0.1, 0.15) is 0 Å². The lowest BCUT2D eigenvalue weighted by Crippen LogP contribution is -2.23. The molecular weight excluding hydrogens is 347 g/mol. The zero-order valence-electron chi connectivity index (χ0n) is 12.8. The Hall–Kier alpha value is -2.37. The lowest BCUT2D eigenvalue weighted by atomic mass is 10.2. The van der Waals surface area contributed by atoms with Crippen molar-refractivity contribution in [3.05, 3.63) is 70.0 Å². The van der Waals surface area contributed by atoms with E-state index in [-0.39, 0.29) is 5.91 Å². The van der Waals surface area contributed by atoms with E-state index >= 15 is 0 Å². The number of pyridine rings is 1. The van der Waals surface area contributed by atoms with Crippen LogP contribution in [0.2, 0.25) is 10.0 Å². The molecule has 0 spiro atoms. The van der Waals surface area contributed by atoms with Crippen LogP contribution in [0.3, 0.4) is 0 Å². The van der Waals surface area contributed by atoms with E-state index in [1.165, 1.54) is 6.07 Å². The number of halogens is 2. The molecule has 0 atom stereocenters. The van der Waals surface area contributed by atoms with E-state index in [9.17, 15) is 4.79 Å². The van der Waals surface area contributed by atoms with Crippen molar-refractivity contribution in [3.63, 3.8) is 0 Å². The number of hydrogen-bond donors (Lipinski definition) is 1. The number of rotatable bonds is 4. The monoisotopic (exact) mass is 360 g/mol. The average molecular weight is 361 g/mol. The van der Waals surface area contributed by atoms with E-state index in [1.807, 2.05) is 31.3 Å². The van der Waals surface area contributed by atoms with Gasteiger partial charge >= 0.3 is 0 Å². The molecule has 0 saturated carbocycles. The van der Waals surface area contributed by atoms with Crippen LogP contribution in [0.4, 0.5) is 0 Å². The maximum absolute atomic E-state index is 12.2. The number of nitrogens with one attached hydrogen (secondary N) is 1. The van der Waals surface area contributed by atoms with E-state index in [1.54, 1.807) is 23.0 Å². The van der Waals surface area contributed by atoms with Gasteiger partial charge in [0.2, 0.25) is 0 Å². The van der Waals surface area contributed by atoms with E-state index < -0.39 is 0 Å². The summed E-state index contributed by atoms with van der Waals surface area (Å²) in [4.78, 5) is 16.5. The Labute approximate surface area is 149 Å². The van der Waals surface area contributed by atoms with Crippen molar-refractivity contribution in [1.29, 1.82) is 0 Å². The molecule has 1 amide bonds. The molecule has 1 N–H and O–H groups in total. The zero-order chi connectivity index (χ0) is 17.1. The van der Waals surface area contributed by atoms with Gasteiger partial charge in [0.15, 0.2) is 0 Å². The lowest BCUT2D eigenvalue weighted by Gasteiger charge is -2.04. The predicted octanol–water partition coefficient (Wildman–Crippen LogP) is 3.72. The Morgan fingerprint density at radius 3 is 2.71 bits per heavy atom. The van der Waals surface area contributed by atoms with Gasteiger partial charge in [0.05, 0.1) is 33.7 Å². The third-order valence-corrected chi connectivity index (χ3v) is 4.21. The van der Waals surface area contributed by atoms with Gasteiger partial charge in [-0.3, -0.25) is 14.5 Å². The maximum atomic E-state index is 12.2. The van der Waals surface area contributed by atoms with E-state index in [4.69, 9.17) is 23.2 Å². The van der Waals surface area contributed by atoms with Gasteiger partial charge in [-0.1, -0.05) is 29.3 Å². The number of carbonyl (C=O) groups excluding carboxylic acids is 1. The first-order valence-corrected chi connectivity index (χ1v) is 7.98. The van der Waals surface area contributed by atoms with Crippen LogP contribution in [0.1, 0.15) is 16.1 Å². The second-order valence-electron chi connectivity index (χ2n) is 5.17. The fourth-order valence-corrected chi connectivity index (χ4v) is 2.58. The molecule has 2 aromatic heterocycles. The third-order valence-electron chi connectivity index (χ3n) is 3.47. The second kappa shape index (κ2) is 7.03. The molecule has 1 aromatic carbocycles. The van der Waals surface area contributed by atoms with Gasteiger partial charge < -0.3 is 5.32 Å². The highest BCUT2D eigenvalue weighted by Crippen LogP contribution is 2.22. The van der Waals surface area contributed by atoms with Crippen LogP contribution in [0.5, 0.6) is 0 Å². The van der Waals surface area contributed by atoms with Crippen molar-refractivity contribution in [2.24, 2.45) is 7.05 Å². The van der Waals surface area contributed by atoms with Gasteiger partial charge in [0.25, 0.3) is 5.91 Å². The Morgan fingerprint density at radius 2 is 2.00 bits per heavy atom. The fourth-order valence-electron chi connectivity index (χ4n) is 2.28. The molecule has 24 heavy (non-hydrogen) atoms. The third kappa shape index (κ3) is 3.58. The lowest BCUT2D eigenvalue weighted by molar-refractivity contribution is 0.0950. The molecule has 0 radical (unpaired) electrons. The normalized spacial score (nSPS) is 10.6. The average Bonchev–Trinajstić information content (AvgIpc) is 2.97. The second-order valence-corrected chi connectivity index (χ2v) is 5.99. The molecule has 5 nitrogen and oxygen atoms in total. The van der Waals surface area contributed by atoms with Crippen molar-refractivity contribution >= 4 is 29.1 Å². The van der Waals surface area contributed by atoms with Crippen molar-refractivity contribution in [1.82, 2.24) is 20.1 Å². The SMILES string of the molecule is Cn1nc(CNC(=O)c2ccc(Cl)c(Cl)c2)cc1-c1ccccn1. The highest BCUT2D eigenvalue weighted by molar-refractivity contribution is 6.42.